The van der Waals surface area contributed by atoms with E-state index in [1.54, 1.807) is 0 Å². The molecule has 2 N–H and O–H groups in total. The second-order valence-corrected chi connectivity index (χ2v) is 4.15. The van der Waals surface area contributed by atoms with Gasteiger partial charge in [-0.25, -0.2) is 0 Å². The third-order valence-electron chi connectivity index (χ3n) is 2.67. The van der Waals surface area contributed by atoms with Gasteiger partial charge in [-0.05, 0) is 12.5 Å². The van der Waals surface area contributed by atoms with Crippen LogP contribution in [0.2, 0.25) is 0 Å². The van der Waals surface area contributed by atoms with Crippen molar-refractivity contribution in [1.29, 1.82) is 0 Å². The molecular weight excluding hydrogens is 230 g/mol. The van der Waals surface area contributed by atoms with Crippen LogP contribution >= 0.6 is 0 Å². The van der Waals surface area contributed by atoms with Crippen LogP contribution in [-0.4, -0.2) is 30.8 Å². The lowest BCUT2D eigenvalue weighted by Crippen LogP contribution is -2.29. The monoisotopic (exact) mass is 251 g/mol. The summed E-state index contributed by atoms with van der Waals surface area (Å²) in [6.07, 6.45) is 0.244. The summed E-state index contributed by atoms with van der Waals surface area (Å²) in [7, 11) is 0. The fourth-order valence-corrected chi connectivity index (χ4v) is 1.58. The lowest BCUT2D eigenvalue weighted by atomic mass is 10.1. The minimum Gasteiger partial charge on any atom is -0.394 e. The Balaban J connectivity index is 2.64. The molecule has 1 aromatic carbocycles. The number of carbonyl (C=O) groups is 1. The Kier molecular flexibility index (Phi) is 6.39. The van der Waals surface area contributed by atoms with E-state index in [2.05, 4.69) is 5.32 Å². The molecule has 0 heterocycles. The second kappa shape index (κ2) is 7.84. The van der Waals surface area contributed by atoms with Gasteiger partial charge in [-0.2, -0.15) is 0 Å². The molecule has 1 atom stereocenters. The van der Waals surface area contributed by atoms with Gasteiger partial charge in [-0.15, -0.1) is 0 Å². The van der Waals surface area contributed by atoms with E-state index in [9.17, 15) is 4.79 Å². The van der Waals surface area contributed by atoms with Crippen molar-refractivity contribution in [3.63, 3.8) is 0 Å². The molecule has 4 heteroatoms. The standard InChI is InChI=1S/C14H21NO3/c1-3-14(17)15-10-13(18-9-8-16)12-6-4-11(2)5-7-12/h4-7,13,16H,3,8-10H2,1-2H3,(H,15,17). The van der Waals surface area contributed by atoms with Crippen molar-refractivity contribution >= 4 is 5.91 Å². The summed E-state index contributed by atoms with van der Waals surface area (Å²) < 4.78 is 5.55. The number of aryl methyl sites for hydroxylation is 1. The molecule has 0 aliphatic heterocycles. The number of nitrogens with one attached hydrogen (secondary N) is 1. The van der Waals surface area contributed by atoms with Gasteiger partial charge in [0.15, 0.2) is 0 Å². The highest BCUT2D eigenvalue weighted by atomic mass is 16.5. The highest BCUT2D eigenvalue weighted by Gasteiger charge is 2.12. The Morgan fingerprint density at radius 3 is 2.61 bits per heavy atom. The van der Waals surface area contributed by atoms with Crippen LogP contribution in [0.5, 0.6) is 0 Å². The number of rotatable bonds is 7. The van der Waals surface area contributed by atoms with Crippen molar-refractivity contribution in [2.45, 2.75) is 26.4 Å². The molecule has 0 spiro atoms. The highest BCUT2D eigenvalue weighted by Crippen LogP contribution is 2.17. The molecule has 1 rings (SSSR count). The third-order valence-corrected chi connectivity index (χ3v) is 2.67. The summed E-state index contributed by atoms with van der Waals surface area (Å²) in [6.45, 7) is 4.50. The molecule has 4 nitrogen and oxygen atoms in total. The predicted molar refractivity (Wildman–Crippen MR) is 70.3 cm³/mol. The zero-order chi connectivity index (χ0) is 13.4. The molecule has 0 bridgehead atoms. The van der Waals surface area contributed by atoms with Crippen LogP contribution in [0.1, 0.15) is 30.6 Å². The van der Waals surface area contributed by atoms with Crippen molar-refractivity contribution in [2.24, 2.45) is 0 Å². The Morgan fingerprint density at radius 2 is 2.06 bits per heavy atom. The van der Waals surface area contributed by atoms with Crippen LogP contribution in [0.4, 0.5) is 0 Å². The van der Waals surface area contributed by atoms with Crippen LogP contribution in [0.25, 0.3) is 0 Å². The van der Waals surface area contributed by atoms with Gasteiger partial charge in [0, 0.05) is 13.0 Å². The lowest BCUT2D eigenvalue weighted by molar-refractivity contribution is -0.121. The third kappa shape index (κ3) is 4.85. The maximum atomic E-state index is 11.3. The SMILES string of the molecule is CCC(=O)NCC(OCCO)c1ccc(C)cc1. The van der Waals surface area contributed by atoms with Gasteiger partial charge in [0.2, 0.25) is 5.91 Å². The van der Waals surface area contributed by atoms with Crippen molar-refractivity contribution in [3.05, 3.63) is 35.4 Å². The minimum absolute atomic E-state index is 0.000268. The van der Waals surface area contributed by atoms with Crippen LogP contribution in [-0.2, 0) is 9.53 Å². The zero-order valence-electron chi connectivity index (χ0n) is 11.0. The van der Waals surface area contributed by atoms with Crippen LogP contribution in [0.3, 0.4) is 0 Å². The van der Waals surface area contributed by atoms with Gasteiger partial charge in [0.25, 0.3) is 0 Å². The van der Waals surface area contributed by atoms with E-state index in [1.807, 2.05) is 38.1 Å². The summed E-state index contributed by atoms with van der Waals surface area (Å²) in [5, 5.41) is 11.6. The summed E-state index contributed by atoms with van der Waals surface area (Å²) in [6, 6.07) is 7.98. The molecule has 18 heavy (non-hydrogen) atoms. The van der Waals surface area contributed by atoms with Gasteiger partial charge < -0.3 is 15.2 Å². The molecule has 1 amide bonds. The van der Waals surface area contributed by atoms with Gasteiger partial charge in [0.05, 0.1) is 19.3 Å². The fraction of sp³-hybridized carbons (Fsp3) is 0.500. The Bertz CT molecular complexity index is 362. The van der Waals surface area contributed by atoms with Gasteiger partial charge >= 0.3 is 0 Å². The summed E-state index contributed by atoms with van der Waals surface area (Å²) in [4.78, 5) is 11.3. The van der Waals surface area contributed by atoms with E-state index >= 15 is 0 Å². The Morgan fingerprint density at radius 1 is 1.39 bits per heavy atom. The first-order chi connectivity index (χ1) is 8.67. The molecule has 0 radical (unpaired) electrons. The summed E-state index contributed by atoms with van der Waals surface area (Å²) in [5.41, 5.74) is 2.18. The van der Waals surface area contributed by atoms with Crippen molar-refractivity contribution in [1.82, 2.24) is 5.32 Å². The topological polar surface area (TPSA) is 58.6 Å². The van der Waals surface area contributed by atoms with E-state index < -0.39 is 0 Å². The Labute approximate surface area is 108 Å². The Hall–Kier alpha value is -1.39. The molecule has 1 unspecified atom stereocenters. The minimum atomic E-state index is -0.215. The van der Waals surface area contributed by atoms with E-state index in [-0.39, 0.29) is 25.2 Å². The number of benzene rings is 1. The van der Waals surface area contributed by atoms with E-state index in [4.69, 9.17) is 9.84 Å². The fourth-order valence-electron chi connectivity index (χ4n) is 1.58. The first kappa shape index (κ1) is 14.7. The second-order valence-electron chi connectivity index (χ2n) is 4.15. The first-order valence-corrected chi connectivity index (χ1v) is 6.23. The number of amides is 1. The number of aliphatic hydroxyl groups excluding tert-OH is 1. The number of aliphatic hydroxyl groups is 1. The summed E-state index contributed by atoms with van der Waals surface area (Å²) in [5.74, 6) is -0.000268. The molecule has 0 aromatic heterocycles. The predicted octanol–water partition coefficient (Wildman–Crippen LogP) is 1.57. The molecule has 100 valence electrons. The van der Waals surface area contributed by atoms with Gasteiger partial charge in [0.1, 0.15) is 0 Å². The molecule has 1 aromatic rings. The zero-order valence-corrected chi connectivity index (χ0v) is 11.0. The molecule has 0 fully saturated rings. The molecule has 0 saturated carbocycles. The van der Waals surface area contributed by atoms with E-state index in [1.165, 1.54) is 5.56 Å². The maximum Gasteiger partial charge on any atom is 0.219 e. The quantitative estimate of drug-likeness (QED) is 0.773. The number of carbonyl (C=O) groups excluding carboxylic acids is 1. The highest BCUT2D eigenvalue weighted by molar-refractivity contribution is 5.75. The molecule has 0 aliphatic carbocycles. The van der Waals surface area contributed by atoms with Crippen LogP contribution in [0, 0.1) is 6.92 Å². The van der Waals surface area contributed by atoms with Gasteiger partial charge in [-0.1, -0.05) is 36.8 Å². The number of ether oxygens (including phenoxy) is 1. The van der Waals surface area contributed by atoms with E-state index in [0.717, 1.165) is 5.56 Å². The molecule has 0 saturated heterocycles. The van der Waals surface area contributed by atoms with Crippen LogP contribution in [0.15, 0.2) is 24.3 Å². The van der Waals surface area contributed by atoms with Crippen molar-refractivity contribution in [3.8, 4) is 0 Å². The summed E-state index contributed by atoms with van der Waals surface area (Å²) >= 11 is 0. The van der Waals surface area contributed by atoms with Crippen molar-refractivity contribution in [2.75, 3.05) is 19.8 Å². The van der Waals surface area contributed by atoms with Gasteiger partial charge in [-0.3, -0.25) is 4.79 Å². The number of hydrogen-bond donors (Lipinski definition) is 2. The largest absolute Gasteiger partial charge is 0.394 e. The van der Waals surface area contributed by atoms with E-state index in [0.29, 0.717) is 13.0 Å². The average Bonchev–Trinajstić information content (AvgIpc) is 2.40. The normalized spacial score (nSPS) is 12.2. The van der Waals surface area contributed by atoms with Crippen LogP contribution < -0.4 is 5.32 Å². The first-order valence-electron chi connectivity index (χ1n) is 6.23. The molecular formula is C14H21NO3. The molecule has 0 aliphatic rings. The lowest BCUT2D eigenvalue weighted by Gasteiger charge is -2.18. The maximum absolute atomic E-state index is 11.3. The van der Waals surface area contributed by atoms with Crippen molar-refractivity contribution < 1.29 is 14.6 Å². The smallest absolute Gasteiger partial charge is 0.219 e. The number of hydrogen-bond acceptors (Lipinski definition) is 3. The average molecular weight is 251 g/mol.